The van der Waals surface area contributed by atoms with E-state index in [1.165, 1.54) is 12.8 Å². The second-order valence-corrected chi connectivity index (χ2v) is 4.57. The maximum Gasteiger partial charge on any atom is 0.223 e. The Morgan fingerprint density at radius 2 is 2.12 bits per heavy atom. The van der Waals surface area contributed by atoms with Crippen LogP contribution in [0.4, 0.5) is 5.95 Å². The minimum absolute atomic E-state index is 0.707. The Labute approximate surface area is 96.9 Å². The SMILES string of the molecule is Cc1cc(C)nc(NC[C@@H]2CCCNC2)n1. The van der Waals surface area contributed by atoms with Gasteiger partial charge in [0.15, 0.2) is 0 Å². The minimum Gasteiger partial charge on any atom is -0.354 e. The molecule has 0 aliphatic carbocycles. The van der Waals surface area contributed by atoms with Crippen molar-refractivity contribution in [2.45, 2.75) is 26.7 Å². The Balaban J connectivity index is 1.88. The highest BCUT2D eigenvalue weighted by Crippen LogP contribution is 2.11. The average Bonchev–Trinajstić information content (AvgIpc) is 2.27. The van der Waals surface area contributed by atoms with Crippen molar-refractivity contribution in [3.63, 3.8) is 0 Å². The monoisotopic (exact) mass is 220 g/mol. The van der Waals surface area contributed by atoms with Crippen LogP contribution in [0, 0.1) is 19.8 Å². The standard InChI is InChI=1S/C12H20N4/c1-9-6-10(2)16-12(15-9)14-8-11-4-3-5-13-7-11/h6,11,13H,3-5,7-8H2,1-2H3,(H,14,15,16)/t11-/m1/s1. The summed E-state index contributed by atoms with van der Waals surface area (Å²) in [7, 11) is 0. The largest absolute Gasteiger partial charge is 0.354 e. The maximum absolute atomic E-state index is 4.38. The van der Waals surface area contributed by atoms with Gasteiger partial charge in [0.2, 0.25) is 5.95 Å². The van der Waals surface area contributed by atoms with Crippen LogP contribution in [0.25, 0.3) is 0 Å². The van der Waals surface area contributed by atoms with Crippen molar-refractivity contribution in [2.24, 2.45) is 5.92 Å². The summed E-state index contributed by atoms with van der Waals surface area (Å²) in [5.41, 5.74) is 2.05. The summed E-state index contributed by atoms with van der Waals surface area (Å²) < 4.78 is 0. The van der Waals surface area contributed by atoms with Gasteiger partial charge in [-0.2, -0.15) is 0 Å². The van der Waals surface area contributed by atoms with E-state index >= 15 is 0 Å². The molecule has 1 aliphatic rings. The van der Waals surface area contributed by atoms with Gasteiger partial charge in [0.1, 0.15) is 0 Å². The van der Waals surface area contributed by atoms with Gasteiger partial charge in [0.25, 0.3) is 0 Å². The molecular weight excluding hydrogens is 200 g/mol. The smallest absolute Gasteiger partial charge is 0.223 e. The van der Waals surface area contributed by atoms with Crippen LogP contribution in [0.2, 0.25) is 0 Å². The Morgan fingerprint density at radius 1 is 1.38 bits per heavy atom. The zero-order valence-electron chi connectivity index (χ0n) is 10.1. The Hall–Kier alpha value is -1.16. The topological polar surface area (TPSA) is 49.8 Å². The average molecular weight is 220 g/mol. The summed E-state index contributed by atoms with van der Waals surface area (Å²) in [6, 6.07) is 1.99. The maximum atomic E-state index is 4.38. The number of aryl methyl sites for hydroxylation is 2. The molecule has 0 spiro atoms. The highest BCUT2D eigenvalue weighted by atomic mass is 15.1. The molecule has 1 atom stereocenters. The third-order valence-electron chi connectivity index (χ3n) is 2.93. The van der Waals surface area contributed by atoms with E-state index in [0.29, 0.717) is 5.92 Å². The third-order valence-corrected chi connectivity index (χ3v) is 2.93. The van der Waals surface area contributed by atoms with E-state index in [0.717, 1.165) is 37.0 Å². The summed E-state index contributed by atoms with van der Waals surface area (Å²) in [5, 5.41) is 6.75. The summed E-state index contributed by atoms with van der Waals surface area (Å²) in [4.78, 5) is 8.75. The predicted molar refractivity (Wildman–Crippen MR) is 65.6 cm³/mol. The van der Waals surface area contributed by atoms with Crippen molar-refractivity contribution in [1.29, 1.82) is 0 Å². The van der Waals surface area contributed by atoms with Gasteiger partial charge >= 0.3 is 0 Å². The number of hydrogen-bond acceptors (Lipinski definition) is 4. The fraction of sp³-hybridized carbons (Fsp3) is 0.667. The zero-order valence-corrected chi connectivity index (χ0v) is 10.1. The Bertz CT molecular complexity index is 325. The number of aromatic nitrogens is 2. The molecule has 0 radical (unpaired) electrons. The Morgan fingerprint density at radius 3 is 2.75 bits per heavy atom. The first-order chi connectivity index (χ1) is 7.74. The Kier molecular flexibility index (Phi) is 3.72. The summed E-state index contributed by atoms with van der Waals surface area (Å²) in [6.07, 6.45) is 2.57. The molecule has 0 aromatic carbocycles. The number of anilines is 1. The van der Waals surface area contributed by atoms with Crippen molar-refractivity contribution in [2.75, 3.05) is 25.0 Å². The van der Waals surface area contributed by atoms with Crippen molar-refractivity contribution < 1.29 is 0 Å². The van der Waals surface area contributed by atoms with E-state index in [1.54, 1.807) is 0 Å². The molecule has 16 heavy (non-hydrogen) atoms. The van der Waals surface area contributed by atoms with Crippen LogP contribution in [0.15, 0.2) is 6.07 Å². The molecule has 0 unspecified atom stereocenters. The number of nitrogens with one attached hydrogen (secondary N) is 2. The zero-order chi connectivity index (χ0) is 11.4. The van der Waals surface area contributed by atoms with Crippen LogP contribution in [-0.4, -0.2) is 29.6 Å². The van der Waals surface area contributed by atoms with Crippen molar-refractivity contribution >= 4 is 5.95 Å². The van der Waals surface area contributed by atoms with Crippen LogP contribution in [0.3, 0.4) is 0 Å². The molecule has 4 nitrogen and oxygen atoms in total. The molecule has 0 amide bonds. The van der Waals surface area contributed by atoms with Crippen LogP contribution in [0.1, 0.15) is 24.2 Å². The van der Waals surface area contributed by atoms with Crippen LogP contribution in [-0.2, 0) is 0 Å². The lowest BCUT2D eigenvalue weighted by Gasteiger charge is -2.22. The van der Waals surface area contributed by atoms with Crippen LogP contribution in [0.5, 0.6) is 0 Å². The van der Waals surface area contributed by atoms with Crippen molar-refractivity contribution in [1.82, 2.24) is 15.3 Å². The molecule has 2 N–H and O–H groups in total. The number of rotatable bonds is 3. The van der Waals surface area contributed by atoms with E-state index in [1.807, 2.05) is 19.9 Å². The van der Waals surface area contributed by atoms with Gasteiger partial charge in [-0.25, -0.2) is 9.97 Å². The van der Waals surface area contributed by atoms with E-state index in [2.05, 4.69) is 20.6 Å². The quantitative estimate of drug-likeness (QED) is 0.810. The summed E-state index contributed by atoms with van der Waals surface area (Å²) >= 11 is 0. The molecule has 88 valence electrons. The first-order valence-corrected chi connectivity index (χ1v) is 6.01. The van der Waals surface area contributed by atoms with Gasteiger partial charge in [-0.15, -0.1) is 0 Å². The first-order valence-electron chi connectivity index (χ1n) is 6.01. The third kappa shape index (κ3) is 3.17. The second-order valence-electron chi connectivity index (χ2n) is 4.57. The van der Waals surface area contributed by atoms with Crippen molar-refractivity contribution in [3.8, 4) is 0 Å². The molecule has 4 heteroatoms. The van der Waals surface area contributed by atoms with Gasteiger partial charge in [0, 0.05) is 17.9 Å². The minimum atomic E-state index is 0.707. The highest BCUT2D eigenvalue weighted by Gasteiger charge is 2.12. The fourth-order valence-electron chi connectivity index (χ4n) is 2.14. The lowest BCUT2D eigenvalue weighted by molar-refractivity contribution is 0.392. The van der Waals surface area contributed by atoms with E-state index in [9.17, 15) is 0 Å². The molecule has 1 saturated heterocycles. The second kappa shape index (κ2) is 5.25. The number of nitrogens with zero attached hydrogens (tertiary/aromatic N) is 2. The molecule has 0 bridgehead atoms. The highest BCUT2D eigenvalue weighted by molar-refractivity contribution is 5.27. The van der Waals surface area contributed by atoms with Gasteiger partial charge in [-0.3, -0.25) is 0 Å². The fourth-order valence-corrected chi connectivity index (χ4v) is 2.14. The molecular formula is C12H20N4. The molecule has 1 aromatic heterocycles. The summed E-state index contributed by atoms with van der Waals surface area (Å²) in [5.74, 6) is 1.47. The predicted octanol–water partition coefficient (Wildman–Crippen LogP) is 1.50. The van der Waals surface area contributed by atoms with Crippen LogP contribution < -0.4 is 10.6 Å². The molecule has 0 saturated carbocycles. The van der Waals surface area contributed by atoms with E-state index in [-0.39, 0.29) is 0 Å². The molecule has 1 aliphatic heterocycles. The molecule has 1 fully saturated rings. The molecule has 2 rings (SSSR count). The molecule has 1 aromatic rings. The summed E-state index contributed by atoms with van der Waals surface area (Å²) in [6.45, 7) is 7.24. The van der Waals surface area contributed by atoms with E-state index < -0.39 is 0 Å². The normalized spacial score (nSPS) is 20.8. The number of hydrogen-bond donors (Lipinski definition) is 2. The van der Waals surface area contributed by atoms with Gasteiger partial charge < -0.3 is 10.6 Å². The lowest BCUT2D eigenvalue weighted by Crippen LogP contribution is -2.33. The van der Waals surface area contributed by atoms with Crippen LogP contribution >= 0.6 is 0 Å². The lowest BCUT2D eigenvalue weighted by atomic mass is 10.00. The number of piperidine rings is 1. The van der Waals surface area contributed by atoms with E-state index in [4.69, 9.17) is 0 Å². The van der Waals surface area contributed by atoms with Gasteiger partial charge in [-0.05, 0) is 51.8 Å². The van der Waals surface area contributed by atoms with Gasteiger partial charge in [-0.1, -0.05) is 0 Å². The van der Waals surface area contributed by atoms with Crippen molar-refractivity contribution in [3.05, 3.63) is 17.5 Å². The van der Waals surface area contributed by atoms with Gasteiger partial charge in [0.05, 0.1) is 0 Å². The molecule has 2 heterocycles. The first kappa shape index (κ1) is 11.3.